The molecule has 0 bridgehead atoms. The van der Waals surface area contributed by atoms with Gasteiger partial charge in [-0.1, -0.05) is 18.2 Å². The molecular formula is C13H17N3. The van der Waals surface area contributed by atoms with Crippen LogP contribution in [-0.2, 0) is 6.42 Å². The number of rotatable bonds is 2. The standard InChI is InChI=1S/C13H17N3/c1-10(6-7-14)16-9-12(15)8-11-4-2-3-5-13(11)16/h2-5,10,12H,6,8-9,15H2,1H3. The van der Waals surface area contributed by atoms with Crippen molar-refractivity contribution in [3.05, 3.63) is 29.8 Å². The molecule has 0 saturated heterocycles. The van der Waals surface area contributed by atoms with Crippen LogP contribution in [0.25, 0.3) is 0 Å². The van der Waals surface area contributed by atoms with Crippen LogP contribution in [0, 0.1) is 11.3 Å². The third-order valence-electron chi connectivity index (χ3n) is 3.13. The Labute approximate surface area is 96.5 Å². The summed E-state index contributed by atoms with van der Waals surface area (Å²) in [6.45, 7) is 2.93. The molecule has 0 radical (unpaired) electrons. The zero-order valence-electron chi connectivity index (χ0n) is 9.56. The van der Waals surface area contributed by atoms with Gasteiger partial charge >= 0.3 is 0 Å². The Morgan fingerprint density at radius 2 is 2.31 bits per heavy atom. The van der Waals surface area contributed by atoms with Gasteiger partial charge in [-0.3, -0.25) is 0 Å². The normalized spacial score (nSPS) is 21.1. The molecule has 0 aromatic heterocycles. The van der Waals surface area contributed by atoms with Crippen molar-refractivity contribution in [2.75, 3.05) is 11.4 Å². The summed E-state index contributed by atoms with van der Waals surface area (Å²) >= 11 is 0. The lowest BCUT2D eigenvalue weighted by molar-refractivity contribution is 0.547. The Morgan fingerprint density at radius 3 is 3.06 bits per heavy atom. The molecule has 1 heterocycles. The first-order chi connectivity index (χ1) is 7.72. The maximum atomic E-state index is 8.77. The predicted octanol–water partition coefficient (Wildman–Crippen LogP) is 1.68. The molecule has 1 aliphatic rings. The van der Waals surface area contributed by atoms with E-state index in [1.807, 2.05) is 12.1 Å². The van der Waals surface area contributed by atoms with E-state index < -0.39 is 0 Å². The van der Waals surface area contributed by atoms with E-state index >= 15 is 0 Å². The van der Waals surface area contributed by atoms with Crippen LogP contribution < -0.4 is 10.6 Å². The van der Waals surface area contributed by atoms with Gasteiger partial charge in [-0.05, 0) is 25.0 Å². The highest BCUT2D eigenvalue weighted by Crippen LogP contribution is 2.28. The average Bonchev–Trinajstić information content (AvgIpc) is 2.28. The van der Waals surface area contributed by atoms with Crippen molar-refractivity contribution < 1.29 is 0 Å². The minimum atomic E-state index is 0.177. The maximum Gasteiger partial charge on any atom is 0.0643 e. The molecule has 3 nitrogen and oxygen atoms in total. The zero-order valence-corrected chi connectivity index (χ0v) is 9.56. The summed E-state index contributed by atoms with van der Waals surface area (Å²) in [5, 5.41) is 8.77. The average molecular weight is 215 g/mol. The lowest BCUT2D eigenvalue weighted by Crippen LogP contribution is -2.47. The highest BCUT2D eigenvalue weighted by Gasteiger charge is 2.24. The van der Waals surface area contributed by atoms with Gasteiger partial charge in [-0.15, -0.1) is 0 Å². The molecule has 0 saturated carbocycles. The van der Waals surface area contributed by atoms with E-state index in [4.69, 9.17) is 11.0 Å². The molecule has 0 spiro atoms. The summed E-state index contributed by atoms with van der Waals surface area (Å²) in [5.41, 5.74) is 8.59. The second kappa shape index (κ2) is 4.54. The van der Waals surface area contributed by atoms with Crippen molar-refractivity contribution >= 4 is 5.69 Å². The first kappa shape index (κ1) is 11.0. The summed E-state index contributed by atoms with van der Waals surface area (Å²) in [4.78, 5) is 2.26. The van der Waals surface area contributed by atoms with Crippen molar-refractivity contribution in [1.82, 2.24) is 0 Å². The second-order valence-corrected chi connectivity index (χ2v) is 4.46. The maximum absolute atomic E-state index is 8.77. The molecule has 16 heavy (non-hydrogen) atoms. The van der Waals surface area contributed by atoms with E-state index in [1.54, 1.807) is 0 Å². The summed E-state index contributed by atoms with van der Waals surface area (Å²) in [6, 6.07) is 11.0. The van der Waals surface area contributed by atoms with Crippen LogP contribution in [0.3, 0.4) is 0 Å². The number of para-hydroxylation sites is 1. The molecule has 2 unspecified atom stereocenters. The number of fused-ring (bicyclic) bond motifs is 1. The lowest BCUT2D eigenvalue weighted by Gasteiger charge is -2.38. The number of anilines is 1. The molecular weight excluding hydrogens is 198 g/mol. The van der Waals surface area contributed by atoms with E-state index in [1.165, 1.54) is 11.3 Å². The van der Waals surface area contributed by atoms with Crippen molar-refractivity contribution in [3.8, 4) is 6.07 Å². The van der Waals surface area contributed by atoms with Gasteiger partial charge in [0.25, 0.3) is 0 Å². The summed E-state index contributed by atoms with van der Waals surface area (Å²) in [6.07, 6.45) is 1.48. The fraction of sp³-hybridized carbons (Fsp3) is 0.462. The molecule has 2 rings (SSSR count). The molecule has 2 atom stereocenters. The number of nitrogens with zero attached hydrogens (tertiary/aromatic N) is 2. The zero-order chi connectivity index (χ0) is 11.5. The SMILES string of the molecule is CC(CC#N)N1CC(N)Cc2ccccc21. The van der Waals surface area contributed by atoms with E-state index in [0.717, 1.165) is 13.0 Å². The van der Waals surface area contributed by atoms with Crippen LogP contribution in [-0.4, -0.2) is 18.6 Å². The van der Waals surface area contributed by atoms with E-state index in [2.05, 4.69) is 30.0 Å². The minimum Gasteiger partial charge on any atom is -0.366 e. The van der Waals surface area contributed by atoms with Gasteiger partial charge in [0.1, 0.15) is 0 Å². The molecule has 1 aromatic carbocycles. The summed E-state index contributed by atoms with van der Waals surface area (Å²) in [5.74, 6) is 0. The van der Waals surface area contributed by atoms with Crippen LogP contribution in [0.15, 0.2) is 24.3 Å². The molecule has 1 aliphatic heterocycles. The van der Waals surface area contributed by atoms with E-state index in [0.29, 0.717) is 6.42 Å². The number of benzene rings is 1. The highest BCUT2D eigenvalue weighted by molar-refractivity contribution is 5.57. The quantitative estimate of drug-likeness (QED) is 0.816. The van der Waals surface area contributed by atoms with Gasteiger partial charge in [0.2, 0.25) is 0 Å². The number of nitrogens with two attached hydrogens (primary N) is 1. The topological polar surface area (TPSA) is 53.0 Å². The van der Waals surface area contributed by atoms with Crippen LogP contribution >= 0.6 is 0 Å². The molecule has 84 valence electrons. The monoisotopic (exact) mass is 215 g/mol. The van der Waals surface area contributed by atoms with Gasteiger partial charge in [-0.2, -0.15) is 5.26 Å². The number of hydrogen-bond donors (Lipinski definition) is 1. The first-order valence-electron chi connectivity index (χ1n) is 5.69. The number of nitriles is 1. The fourth-order valence-electron chi connectivity index (χ4n) is 2.32. The van der Waals surface area contributed by atoms with Gasteiger partial charge < -0.3 is 10.6 Å². The van der Waals surface area contributed by atoms with Crippen LogP contribution in [0.4, 0.5) is 5.69 Å². The smallest absolute Gasteiger partial charge is 0.0643 e. The second-order valence-electron chi connectivity index (χ2n) is 4.46. The van der Waals surface area contributed by atoms with Gasteiger partial charge in [0.15, 0.2) is 0 Å². The lowest BCUT2D eigenvalue weighted by atomic mass is 9.96. The Balaban J connectivity index is 2.30. The molecule has 2 N–H and O–H groups in total. The van der Waals surface area contributed by atoms with Crippen molar-refractivity contribution in [3.63, 3.8) is 0 Å². The van der Waals surface area contributed by atoms with Crippen LogP contribution in [0.1, 0.15) is 18.9 Å². The Morgan fingerprint density at radius 1 is 1.56 bits per heavy atom. The Bertz CT molecular complexity index is 408. The minimum absolute atomic E-state index is 0.177. The van der Waals surface area contributed by atoms with Crippen molar-refractivity contribution in [1.29, 1.82) is 5.26 Å². The van der Waals surface area contributed by atoms with E-state index in [9.17, 15) is 0 Å². The van der Waals surface area contributed by atoms with Gasteiger partial charge in [0, 0.05) is 24.3 Å². The summed E-state index contributed by atoms with van der Waals surface area (Å²) < 4.78 is 0. The molecule has 0 fully saturated rings. The largest absolute Gasteiger partial charge is 0.366 e. The van der Waals surface area contributed by atoms with Crippen molar-refractivity contribution in [2.45, 2.75) is 31.8 Å². The molecule has 0 aliphatic carbocycles. The molecule has 0 amide bonds. The Kier molecular flexibility index (Phi) is 3.12. The van der Waals surface area contributed by atoms with Gasteiger partial charge in [0.05, 0.1) is 12.5 Å². The molecule has 1 aromatic rings. The van der Waals surface area contributed by atoms with E-state index in [-0.39, 0.29) is 12.1 Å². The van der Waals surface area contributed by atoms with Crippen molar-refractivity contribution in [2.24, 2.45) is 5.73 Å². The highest BCUT2D eigenvalue weighted by atomic mass is 15.2. The molecule has 3 heteroatoms. The third kappa shape index (κ3) is 2.02. The Hall–Kier alpha value is -1.53. The summed E-state index contributed by atoms with van der Waals surface area (Å²) in [7, 11) is 0. The first-order valence-corrected chi connectivity index (χ1v) is 5.69. The third-order valence-corrected chi connectivity index (χ3v) is 3.13. The van der Waals surface area contributed by atoms with Gasteiger partial charge in [-0.25, -0.2) is 0 Å². The predicted molar refractivity (Wildman–Crippen MR) is 65.2 cm³/mol. The fourth-order valence-corrected chi connectivity index (χ4v) is 2.32. The number of hydrogen-bond acceptors (Lipinski definition) is 3. The van der Waals surface area contributed by atoms with Crippen LogP contribution in [0.2, 0.25) is 0 Å². The van der Waals surface area contributed by atoms with Crippen LogP contribution in [0.5, 0.6) is 0 Å².